The van der Waals surface area contributed by atoms with Crippen molar-refractivity contribution in [3.8, 4) is 0 Å². The maximum atomic E-state index is 14.5. The van der Waals surface area contributed by atoms with Crippen LogP contribution in [0.4, 0.5) is 4.39 Å². The molecule has 43 heavy (non-hydrogen) atoms. The predicted molar refractivity (Wildman–Crippen MR) is 168 cm³/mol. The van der Waals surface area contributed by atoms with Crippen LogP contribution >= 0.6 is 11.6 Å². The van der Waals surface area contributed by atoms with Crippen molar-refractivity contribution in [1.29, 1.82) is 0 Å². The lowest BCUT2D eigenvalue weighted by molar-refractivity contribution is -0.141. The van der Waals surface area contributed by atoms with Crippen LogP contribution in [0.15, 0.2) is 48.5 Å². The molecule has 3 aliphatic heterocycles. The summed E-state index contributed by atoms with van der Waals surface area (Å²) in [5.41, 5.74) is 2.08. The lowest BCUT2D eigenvalue weighted by Crippen LogP contribution is -2.58. The molecule has 9 heteroatoms. The predicted octanol–water partition coefficient (Wildman–Crippen LogP) is 5.74. The number of carbonyl (C=O) groups is 2. The molecular formula is C34H43ClFN5O2. The van der Waals surface area contributed by atoms with Crippen LogP contribution in [-0.4, -0.2) is 74.3 Å². The lowest BCUT2D eigenvalue weighted by Gasteiger charge is -2.46. The van der Waals surface area contributed by atoms with Crippen LogP contribution in [0.3, 0.4) is 0 Å². The zero-order chi connectivity index (χ0) is 30.4. The largest absolute Gasteiger partial charge is 0.341 e. The minimum atomic E-state index is -1.03. The van der Waals surface area contributed by atoms with E-state index in [4.69, 9.17) is 16.6 Å². The van der Waals surface area contributed by atoms with Crippen molar-refractivity contribution in [3.63, 3.8) is 0 Å². The summed E-state index contributed by atoms with van der Waals surface area (Å²) in [5.74, 6) is 0.221. The number of hydrogen-bond donors (Lipinski definition) is 1. The fourth-order valence-electron chi connectivity index (χ4n) is 8.26. The number of nitrogens with zero attached hydrogens (tertiary/aromatic N) is 4. The molecule has 2 aromatic carbocycles. The van der Waals surface area contributed by atoms with E-state index >= 15 is 0 Å². The number of carbonyl (C=O) groups excluding carboxylic acids is 2. The number of nitrogens with one attached hydrogen (secondary N) is 1. The van der Waals surface area contributed by atoms with E-state index in [1.54, 1.807) is 19.9 Å². The van der Waals surface area contributed by atoms with Gasteiger partial charge >= 0.3 is 0 Å². The third-order valence-corrected chi connectivity index (χ3v) is 10.6. The molecule has 7 nitrogen and oxygen atoms in total. The van der Waals surface area contributed by atoms with Gasteiger partial charge in [0.05, 0.1) is 11.0 Å². The fraction of sp³-hybridized carbons (Fsp3) is 0.559. The Morgan fingerprint density at radius 2 is 1.74 bits per heavy atom. The molecule has 0 aliphatic carbocycles. The number of likely N-dealkylation sites (tertiary alicyclic amines) is 1. The van der Waals surface area contributed by atoms with Gasteiger partial charge in [-0.25, -0.2) is 9.37 Å². The van der Waals surface area contributed by atoms with Crippen molar-refractivity contribution in [3.05, 3.63) is 65.7 Å². The maximum absolute atomic E-state index is 14.5. The van der Waals surface area contributed by atoms with E-state index in [2.05, 4.69) is 52.0 Å². The number of fused-ring (bicyclic) bond motifs is 3. The van der Waals surface area contributed by atoms with Crippen molar-refractivity contribution >= 4 is 34.4 Å². The average Bonchev–Trinajstić information content (AvgIpc) is 3.45. The van der Waals surface area contributed by atoms with E-state index in [1.807, 2.05) is 11.0 Å². The summed E-state index contributed by atoms with van der Waals surface area (Å²) in [4.78, 5) is 34.7. The molecule has 0 saturated carbocycles. The second-order valence-corrected chi connectivity index (χ2v) is 13.7. The molecule has 2 amide bonds. The molecule has 3 aromatic rings. The van der Waals surface area contributed by atoms with Crippen molar-refractivity contribution in [1.82, 2.24) is 24.7 Å². The highest BCUT2D eigenvalue weighted by atomic mass is 35.5. The van der Waals surface area contributed by atoms with Crippen LogP contribution in [0.25, 0.3) is 11.0 Å². The Bertz CT molecular complexity index is 1480. The Labute approximate surface area is 258 Å². The first-order chi connectivity index (χ1) is 20.6. The van der Waals surface area contributed by atoms with Crippen LogP contribution in [0.1, 0.15) is 76.2 Å². The SMILES string of the molecule is Cc1nc2ccccc2n1[C@H]1C[C@H]2CC[C@@H](C1)N2CCC1(c2cccc(F)c2)CCN(C(=O)C(C)(C)NC(=O)CCl)CC1. The zero-order valence-corrected chi connectivity index (χ0v) is 26.2. The lowest BCUT2D eigenvalue weighted by atomic mass is 9.70. The number of halogens is 2. The highest BCUT2D eigenvalue weighted by Gasteiger charge is 2.45. The smallest absolute Gasteiger partial charge is 0.247 e. The number of para-hydroxylation sites is 2. The minimum Gasteiger partial charge on any atom is -0.341 e. The summed E-state index contributed by atoms with van der Waals surface area (Å²) in [6.07, 6.45) is 7.11. The number of aromatic nitrogens is 2. The van der Waals surface area contributed by atoms with Gasteiger partial charge in [-0.1, -0.05) is 24.3 Å². The summed E-state index contributed by atoms with van der Waals surface area (Å²) in [7, 11) is 0. The molecule has 0 radical (unpaired) electrons. The molecule has 2 bridgehead atoms. The Balaban J connectivity index is 1.17. The van der Waals surface area contributed by atoms with E-state index in [0.29, 0.717) is 31.2 Å². The molecule has 230 valence electrons. The van der Waals surface area contributed by atoms with Gasteiger partial charge in [0, 0.05) is 31.2 Å². The van der Waals surface area contributed by atoms with Crippen LogP contribution < -0.4 is 5.32 Å². The molecule has 0 spiro atoms. The molecule has 1 aromatic heterocycles. The number of hydrogen-bond acceptors (Lipinski definition) is 4. The summed E-state index contributed by atoms with van der Waals surface area (Å²) in [6.45, 7) is 7.67. The van der Waals surface area contributed by atoms with E-state index in [0.717, 1.165) is 55.6 Å². The monoisotopic (exact) mass is 607 g/mol. The van der Waals surface area contributed by atoms with Crippen LogP contribution in [-0.2, 0) is 15.0 Å². The Morgan fingerprint density at radius 3 is 2.42 bits per heavy atom. The van der Waals surface area contributed by atoms with Gasteiger partial charge in [-0.3, -0.25) is 14.5 Å². The number of alkyl halides is 1. The Morgan fingerprint density at radius 1 is 1.05 bits per heavy atom. The summed E-state index contributed by atoms with van der Waals surface area (Å²) in [6, 6.07) is 17.0. The summed E-state index contributed by atoms with van der Waals surface area (Å²) < 4.78 is 17.0. The summed E-state index contributed by atoms with van der Waals surface area (Å²) in [5, 5.41) is 2.75. The molecule has 0 unspecified atom stereocenters. The molecule has 6 rings (SSSR count). The summed E-state index contributed by atoms with van der Waals surface area (Å²) >= 11 is 5.68. The quantitative estimate of drug-likeness (QED) is 0.332. The number of benzene rings is 2. The Kier molecular flexibility index (Phi) is 8.28. The molecule has 1 N–H and O–H groups in total. The minimum absolute atomic E-state index is 0.110. The van der Waals surface area contributed by atoms with Crippen molar-refractivity contribution in [2.45, 2.75) is 94.8 Å². The number of rotatable bonds is 8. The van der Waals surface area contributed by atoms with E-state index < -0.39 is 5.54 Å². The van der Waals surface area contributed by atoms with Crippen molar-refractivity contribution < 1.29 is 14.0 Å². The van der Waals surface area contributed by atoms with Gasteiger partial charge in [0.1, 0.15) is 23.1 Å². The first kappa shape index (κ1) is 30.1. The first-order valence-corrected chi connectivity index (χ1v) is 16.3. The Hall–Kier alpha value is -2.97. The zero-order valence-electron chi connectivity index (χ0n) is 25.5. The number of amides is 2. The van der Waals surface area contributed by atoms with Crippen molar-refractivity contribution in [2.24, 2.45) is 0 Å². The van der Waals surface area contributed by atoms with Gasteiger partial charge in [-0.2, -0.15) is 0 Å². The molecule has 3 saturated heterocycles. The van der Waals surface area contributed by atoms with E-state index in [-0.39, 0.29) is 28.9 Å². The van der Waals surface area contributed by atoms with E-state index in [9.17, 15) is 14.0 Å². The molecule has 4 heterocycles. The number of imidazole rings is 1. The standard InChI is InChI=1S/C34H43ClFN5O2/c1-23-37-29-9-4-5-10-30(29)41(23)28-20-26-11-12-27(21-28)40(26)18-15-34(24-7-6-8-25(36)19-24)13-16-39(17-14-34)32(43)33(2,3)38-31(42)22-35/h4-10,19,26-28H,11-18,20-22H2,1-3H3,(H,38,42)/t26-,27+,28+. The third kappa shape index (κ3) is 5.80. The van der Waals surface area contributed by atoms with Gasteiger partial charge in [0.25, 0.3) is 0 Å². The van der Waals surface area contributed by atoms with Crippen LogP contribution in [0.2, 0.25) is 0 Å². The topological polar surface area (TPSA) is 70.5 Å². The van der Waals surface area contributed by atoms with Gasteiger partial charge in [0.15, 0.2) is 0 Å². The van der Waals surface area contributed by atoms with Crippen molar-refractivity contribution in [2.75, 3.05) is 25.5 Å². The number of piperidine rings is 2. The van der Waals surface area contributed by atoms with E-state index in [1.165, 1.54) is 24.4 Å². The molecule has 3 aliphatic rings. The van der Waals surface area contributed by atoms with Crippen LogP contribution in [0.5, 0.6) is 0 Å². The van der Waals surface area contributed by atoms with Gasteiger partial charge in [-0.05, 0) is 108 Å². The van der Waals surface area contributed by atoms with Gasteiger partial charge in [-0.15, -0.1) is 11.6 Å². The maximum Gasteiger partial charge on any atom is 0.247 e. The molecule has 3 atom stereocenters. The first-order valence-electron chi connectivity index (χ1n) is 15.7. The highest BCUT2D eigenvalue weighted by molar-refractivity contribution is 6.27. The number of aryl methyl sites for hydroxylation is 1. The third-order valence-electron chi connectivity index (χ3n) is 10.4. The van der Waals surface area contributed by atoms with Gasteiger partial charge < -0.3 is 14.8 Å². The highest BCUT2D eigenvalue weighted by Crippen LogP contribution is 2.45. The van der Waals surface area contributed by atoms with Gasteiger partial charge in [0.2, 0.25) is 11.8 Å². The normalized spacial score (nSPS) is 23.9. The molecular weight excluding hydrogens is 565 g/mol. The molecule has 3 fully saturated rings. The average molecular weight is 608 g/mol. The van der Waals surface area contributed by atoms with Crippen LogP contribution in [0, 0.1) is 12.7 Å². The fourth-order valence-corrected chi connectivity index (χ4v) is 8.33. The second-order valence-electron chi connectivity index (χ2n) is 13.4. The second kappa shape index (κ2) is 11.8.